The number of hydrogen-bond donors (Lipinski definition) is 2. The Morgan fingerprint density at radius 1 is 0.794 bits per heavy atom. The summed E-state index contributed by atoms with van der Waals surface area (Å²) in [5, 5.41) is 11.0. The lowest BCUT2D eigenvalue weighted by Gasteiger charge is -2.36. The highest BCUT2D eigenvalue weighted by atomic mass is 16.5. The van der Waals surface area contributed by atoms with Crippen molar-refractivity contribution < 1.29 is 9.84 Å². The second kappa shape index (κ2) is 9.43. The highest BCUT2D eigenvalue weighted by Gasteiger charge is 2.38. The Labute approximate surface area is 197 Å². The average molecular weight is 452 g/mol. The van der Waals surface area contributed by atoms with Crippen LogP contribution < -0.4 is 5.73 Å². The molecule has 5 aromatic rings. The Balaban J connectivity index is 1.50. The van der Waals surface area contributed by atoms with Crippen LogP contribution in [0.15, 0.2) is 104 Å². The van der Waals surface area contributed by atoms with Gasteiger partial charge in [-0.3, -0.25) is 0 Å². The summed E-state index contributed by atoms with van der Waals surface area (Å²) >= 11 is 0. The van der Waals surface area contributed by atoms with E-state index in [1.54, 1.807) is 10.9 Å². The molecule has 0 amide bonds. The summed E-state index contributed by atoms with van der Waals surface area (Å²) in [6.45, 7) is 0.334. The third-order valence-electron chi connectivity index (χ3n) is 5.87. The fraction of sp³-hybridized carbons (Fsp3) is 0.148. The zero-order valence-electron chi connectivity index (χ0n) is 18.5. The molecular formula is C27H25N5O2. The molecule has 170 valence electrons. The first-order chi connectivity index (χ1) is 16.7. The summed E-state index contributed by atoms with van der Waals surface area (Å²) in [5.41, 5.74) is 9.03. The molecule has 0 aliphatic rings. The number of hydrogen-bond acceptors (Lipinski definition) is 6. The van der Waals surface area contributed by atoms with Crippen LogP contribution >= 0.6 is 0 Å². The lowest BCUT2D eigenvalue weighted by molar-refractivity contribution is -0.0420. The first-order valence-electron chi connectivity index (χ1n) is 11.1. The molecule has 1 atom stereocenters. The molecule has 0 unspecified atom stereocenters. The Kier molecular flexibility index (Phi) is 6.03. The molecule has 0 saturated carbocycles. The van der Waals surface area contributed by atoms with Crippen LogP contribution in [0.2, 0.25) is 0 Å². The summed E-state index contributed by atoms with van der Waals surface area (Å²) in [5.74, 6) is 0.311. The fourth-order valence-corrected chi connectivity index (χ4v) is 4.30. The van der Waals surface area contributed by atoms with Gasteiger partial charge in [-0.1, -0.05) is 91.0 Å². The van der Waals surface area contributed by atoms with Gasteiger partial charge in [0.1, 0.15) is 17.4 Å². The van der Waals surface area contributed by atoms with Gasteiger partial charge in [-0.15, -0.1) is 0 Å². The molecule has 34 heavy (non-hydrogen) atoms. The normalized spacial score (nSPS) is 12.6. The van der Waals surface area contributed by atoms with Crippen molar-refractivity contribution in [1.82, 2.24) is 19.5 Å². The summed E-state index contributed by atoms with van der Waals surface area (Å²) in [6, 6.07) is 30.2. The number of benzene rings is 3. The topological polar surface area (TPSA) is 99.1 Å². The van der Waals surface area contributed by atoms with Gasteiger partial charge in [0.2, 0.25) is 0 Å². The molecule has 0 saturated heterocycles. The van der Waals surface area contributed by atoms with Gasteiger partial charge < -0.3 is 20.1 Å². The van der Waals surface area contributed by atoms with E-state index in [9.17, 15) is 5.11 Å². The highest BCUT2D eigenvalue weighted by molar-refractivity contribution is 5.81. The van der Waals surface area contributed by atoms with Crippen LogP contribution in [0.1, 0.15) is 16.7 Å². The minimum absolute atomic E-state index is 0.0823. The minimum atomic E-state index is -0.894. The third-order valence-corrected chi connectivity index (χ3v) is 5.87. The standard InChI is InChI=1S/C27H25N5O2/c28-25-24-26(30-18-29-25)32(19-31-24)16-23(33)17-34-27(20-10-4-1-5-11-20,21-12-6-2-7-13-21)22-14-8-3-9-15-22/h1-15,18-19,23,33H,16-17H2,(H2,28,29,30)/t23-/m1/s1. The van der Waals surface area contributed by atoms with Crippen LogP contribution in [0.4, 0.5) is 5.82 Å². The van der Waals surface area contributed by atoms with Gasteiger partial charge in [-0.05, 0) is 16.7 Å². The van der Waals surface area contributed by atoms with Crippen LogP contribution in [0.5, 0.6) is 0 Å². The number of rotatable bonds is 8. The number of aliphatic hydroxyl groups excluding tert-OH is 1. The van der Waals surface area contributed by atoms with Gasteiger partial charge in [0.25, 0.3) is 0 Å². The van der Waals surface area contributed by atoms with E-state index in [4.69, 9.17) is 10.5 Å². The van der Waals surface area contributed by atoms with Crippen molar-refractivity contribution in [3.05, 3.63) is 120 Å². The first-order valence-corrected chi connectivity index (χ1v) is 11.1. The van der Waals surface area contributed by atoms with E-state index < -0.39 is 11.7 Å². The Morgan fingerprint density at radius 2 is 1.32 bits per heavy atom. The van der Waals surface area contributed by atoms with Crippen molar-refractivity contribution in [1.29, 1.82) is 0 Å². The quantitative estimate of drug-likeness (QED) is 0.349. The van der Waals surface area contributed by atoms with Crippen LogP contribution in [0.25, 0.3) is 11.2 Å². The Morgan fingerprint density at radius 3 is 1.85 bits per heavy atom. The molecule has 2 heterocycles. The molecule has 0 spiro atoms. The molecule has 0 radical (unpaired) electrons. The average Bonchev–Trinajstić information content (AvgIpc) is 3.30. The monoisotopic (exact) mass is 451 g/mol. The number of aliphatic hydroxyl groups is 1. The van der Waals surface area contributed by atoms with E-state index in [0.29, 0.717) is 17.0 Å². The zero-order chi connectivity index (χ0) is 23.4. The summed E-state index contributed by atoms with van der Waals surface area (Å²) in [6.07, 6.45) is 2.19. The number of nitrogen functional groups attached to an aromatic ring is 1. The lowest BCUT2D eigenvalue weighted by Crippen LogP contribution is -2.36. The van der Waals surface area contributed by atoms with Gasteiger partial charge >= 0.3 is 0 Å². The molecule has 0 aliphatic carbocycles. The van der Waals surface area contributed by atoms with E-state index in [0.717, 1.165) is 16.7 Å². The maximum atomic E-state index is 11.0. The first kappa shape index (κ1) is 21.8. The minimum Gasteiger partial charge on any atom is -0.389 e. The molecule has 3 N–H and O–H groups in total. The predicted molar refractivity (Wildman–Crippen MR) is 131 cm³/mol. The van der Waals surface area contributed by atoms with Gasteiger partial charge in [0.15, 0.2) is 11.5 Å². The molecule has 2 aromatic heterocycles. The molecule has 0 bridgehead atoms. The van der Waals surface area contributed by atoms with Crippen molar-refractivity contribution in [2.45, 2.75) is 18.2 Å². The van der Waals surface area contributed by atoms with Crippen LogP contribution in [-0.4, -0.2) is 37.3 Å². The second-order valence-corrected chi connectivity index (χ2v) is 8.07. The number of anilines is 1. The van der Waals surface area contributed by atoms with Crippen LogP contribution in [-0.2, 0) is 16.9 Å². The molecular weight excluding hydrogens is 426 g/mol. The van der Waals surface area contributed by atoms with Crippen molar-refractivity contribution in [2.24, 2.45) is 0 Å². The van der Waals surface area contributed by atoms with E-state index in [1.807, 2.05) is 54.6 Å². The maximum absolute atomic E-state index is 11.0. The second-order valence-electron chi connectivity index (χ2n) is 8.07. The van der Waals surface area contributed by atoms with Gasteiger partial charge in [-0.25, -0.2) is 15.0 Å². The molecule has 0 aliphatic heterocycles. The largest absolute Gasteiger partial charge is 0.389 e. The van der Waals surface area contributed by atoms with Crippen LogP contribution in [0.3, 0.4) is 0 Å². The summed E-state index contributed by atoms with van der Waals surface area (Å²) < 4.78 is 8.45. The van der Waals surface area contributed by atoms with Gasteiger partial charge in [-0.2, -0.15) is 0 Å². The Bertz CT molecular complexity index is 1260. The van der Waals surface area contributed by atoms with Crippen molar-refractivity contribution in [3.63, 3.8) is 0 Å². The number of fused-ring (bicyclic) bond motifs is 1. The number of imidazole rings is 1. The zero-order valence-corrected chi connectivity index (χ0v) is 18.5. The summed E-state index contributed by atoms with van der Waals surface area (Å²) in [7, 11) is 0. The highest BCUT2D eigenvalue weighted by Crippen LogP contribution is 2.40. The summed E-state index contributed by atoms with van der Waals surface area (Å²) in [4.78, 5) is 12.5. The molecule has 0 fully saturated rings. The lowest BCUT2D eigenvalue weighted by atomic mass is 9.80. The molecule has 5 rings (SSSR count). The molecule has 3 aromatic carbocycles. The van der Waals surface area contributed by atoms with Crippen LogP contribution in [0, 0.1) is 0 Å². The fourth-order valence-electron chi connectivity index (χ4n) is 4.30. The maximum Gasteiger partial charge on any atom is 0.165 e. The molecule has 7 nitrogen and oxygen atoms in total. The SMILES string of the molecule is Nc1ncnc2c1ncn2C[C@@H](O)COC(c1ccccc1)(c1ccccc1)c1ccccc1. The Hall–Kier alpha value is -4.07. The van der Waals surface area contributed by atoms with Crippen molar-refractivity contribution in [3.8, 4) is 0 Å². The predicted octanol–water partition coefficient (Wildman–Crippen LogP) is 3.78. The van der Waals surface area contributed by atoms with E-state index in [-0.39, 0.29) is 13.2 Å². The number of nitrogens with zero attached hydrogens (tertiary/aromatic N) is 4. The number of aromatic nitrogens is 4. The van der Waals surface area contributed by atoms with Gasteiger partial charge in [0.05, 0.1) is 25.6 Å². The van der Waals surface area contributed by atoms with Gasteiger partial charge in [0, 0.05) is 0 Å². The van der Waals surface area contributed by atoms with Crippen molar-refractivity contribution >= 4 is 17.0 Å². The number of nitrogens with two attached hydrogens (primary N) is 1. The van der Waals surface area contributed by atoms with E-state index in [2.05, 4.69) is 51.4 Å². The smallest absolute Gasteiger partial charge is 0.165 e. The number of ether oxygens (including phenoxy) is 1. The van der Waals surface area contributed by atoms with Crippen molar-refractivity contribution in [2.75, 3.05) is 12.3 Å². The van der Waals surface area contributed by atoms with E-state index >= 15 is 0 Å². The molecule has 7 heteroatoms. The van der Waals surface area contributed by atoms with E-state index in [1.165, 1.54) is 6.33 Å². The third kappa shape index (κ3) is 4.03.